The number of aromatic nitrogens is 5. The van der Waals surface area contributed by atoms with Crippen molar-refractivity contribution < 1.29 is 14.6 Å². The Morgan fingerprint density at radius 1 is 1.38 bits per heavy atom. The Bertz CT molecular complexity index is 1520. The van der Waals surface area contributed by atoms with Gasteiger partial charge in [-0.05, 0) is 37.1 Å². The lowest BCUT2D eigenvalue weighted by molar-refractivity contribution is 0.192. The number of nitrogens with zero attached hydrogens (tertiary/aromatic N) is 5. The van der Waals surface area contributed by atoms with Gasteiger partial charge in [0, 0.05) is 16.3 Å². The minimum atomic E-state index is -0.675. The van der Waals surface area contributed by atoms with Crippen LogP contribution in [0.2, 0.25) is 5.02 Å². The molecular weight excluding hydrogens is 441 g/mol. The van der Waals surface area contributed by atoms with Crippen molar-refractivity contribution in [3.63, 3.8) is 0 Å². The number of benzene rings is 1. The number of H-pyrrole nitrogens is 1. The van der Waals surface area contributed by atoms with Crippen molar-refractivity contribution >= 4 is 34.8 Å². The molecule has 1 fully saturated rings. The van der Waals surface area contributed by atoms with E-state index in [9.17, 15) is 19.4 Å². The highest BCUT2D eigenvalue weighted by Gasteiger charge is 2.20. The Morgan fingerprint density at radius 2 is 2.19 bits per heavy atom. The highest BCUT2D eigenvalue weighted by Crippen LogP contribution is 2.24. The van der Waals surface area contributed by atoms with Crippen LogP contribution in [0.3, 0.4) is 0 Å². The number of aliphatic hydroxyl groups is 1. The van der Waals surface area contributed by atoms with Crippen LogP contribution in [0.1, 0.15) is 18.5 Å². The minimum absolute atomic E-state index is 0.0840. The first kappa shape index (κ1) is 20.2. The molecule has 3 aromatic heterocycles. The van der Waals surface area contributed by atoms with E-state index in [0.717, 1.165) is 17.4 Å². The van der Waals surface area contributed by atoms with E-state index >= 15 is 0 Å². The van der Waals surface area contributed by atoms with Crippen molar-refractivity contribution in [2.24, 2.45) is 4.99 Å². The van der Waals surface area contributed by atoms with Crippen LogP contribution < -0.4 is 21.7 Å². The SMILES string of the molecule is O=c1[nH]c(/C=c2/cnn3c(=NC4CC4)cc(Nc4cc(Cl)ccc4F)nc23)c(O)n1CO. The van der Waals surface area contributed by atoms with E-state index in [4.69, 9.17) is 11.6 Å². The Morgan fingerprint density at radius 3 is 2.91 bits per heavy atom. The van der Waals surface area contributed by atoms with Crippen LogP contribution in [0.5, 0.6) is 5.88 Å². The van der Waals surface area contributed by atoms with E-state index in [2.05, 4.69) is 25.4 Å². The summed E-state index contributed by atoms with van der Waals surface area (Å²) in [5.74, 6) is -0.598. The van der Waals surface area contributed by atoms with Gasteiger partial charge in [-0.15, -0.1) is 0 Å². The maximum Gasteiger partial charge on any atom is 0.330 e. The number of anilines is 2. The molecule has 0 aliphatic heterocycles. The van der Waals surface area contributed by atoms with E-state index in [1.54, 1.807) is 6.07 Å². The van der Waals surface area contributed by atoms with Crippen LogP contribution in [-0.4, -0.2) is 40.4 Å². The zero-order valence-electron chi connectivity index (χ0n) is 16.5. The number of halogens is 2. The normalized spacial score (nSPS) is 15.1. The Kier molecular flexibility index (Phi) is 4.91. The third-order valence-electron chi connectivity index (χ3n) is 4.96. The Labute approximate surface area is 184 Å². The third kappa shape index (κ3) is 3.72. The van der Waals surface area contributed by atoms with Gasteiger partial charge in [-0.1, -0.05) is 11.6 Å². The zero-order chi connectivity index (χ0) is 22.4. The number of hydrogen-bond donors (Lipinski definition) is 4. The molecule has 5 rings (SSSR count). The fraction of sp³-hybridized carbons (Fsp3) is 0.200. The van der Waals surface area contributed by atoms with Gasteiger partial charge >= 0.3 is 5.69 Å². The van der Waals surface area contributed by atoms with Gasteiger partial charge < -0.3 is 20.5 Å². The first-order valence-corrected chi connectivity index (χ1v) is 10.1. The summed E-state index contributed by atoms with van der Waals surface area (Å²) in [7, 11) is 0. The molecule has 12 heteroatoms. The van der Waals surface area contributed by atoms with Crippen molar-refractivity contribution in [1.82, 2.24) is 24.1 Å². The molecule has 0 bridgehead atoms. The van der Waals surface area contributed by atoms with E-state index < -0.39 is 24.1 Å². The van der Waals surface area contributed by atoms with E-state index in [1.807, 2.05) is 0 Å². The van der Waals surface area contributed by atoms with Gasteiger partial charge in [0.15, 0.2) is 11.1 Å². The molecule has 1 aliphatic rings. The van der Waals surface area contributed by atoms with Crippen molar-refractivity contribution in [3.05, 3.63) is 68.2 Å². The van der Waals surface area contributed by atoms with Crippen LogP contribution in [0.25, 0.3) is 11.7 Å². The van der Waals surface area contributed by atoms with Crippen LogP contribution in [0.4, 0.5) is 15.9 Å². The standard InChI is InChI=1S/C20H17ClFN7O3/c21-11-1-4-13(22)14(6-11)25-16-7-17(24-12-2-3-12)29-18(27-16)10(8-23-29)5-15-19(31)28(9-30)20(32)26-15/h1,4-8,12,25,30-31H,2-3,9H2,(H,26,32)/b10-5-,24-17?. The summed E-state index contributed by atoms with van der Waals surface area (Å²) < 4.78 is 16.5. The molecule has 32 heavy (non-hydrogen) atoms. The topological polar surface area (TPSA) is 133 Å². The summed E-state index contributed by atoms with van der Waals surface area (Å²) in [6, 6.07) is 5.99. The second kappa shape index (κ2) is 7.77. The molecule has 4 N–H and O–H groups in total. The monoisotopic (exact) mass is 457 g/mol. The first-order chi connectivity index (χ1) is 15.4. The zero-order valence-corrected chi connectivity index (χ0v) is 17.2. The summed E-state index contributed by atoms with van der Waals surface area (Å²) >= 11 is 5.99. The molecule has 1 saturated carbocycles. The molecule has 10 nitrogen and oxygen atoms in total. The van der Waals surface area contributed by atoms with Gasteiger partial charge in [0.05, 0.1) is 17.9 Å². The minimum Gasteiger partial charge on any atom is -0.493 e. The highest BCUT2D eigenvalue weighted by atomic mass is 35.5. The van der Waals surface area contributed by atoms with Crippen LogP contribution in [0.15, 0.2) is 40.2 Å². The molecule has 1 aromatic carbocycles. The number of imidazole rings is 1. The number of hydrogen-bond acceptors (Lipinski definition) is 7. The summed E-state index contributed by atoms with van der Waals surface area (Å²) in [5, 5.41) is 27.5. The molecule has 0 radical (unpaired) electrons. The van der Waals surface area contributed by atoms with Gasteiger partial charge in [-0.25, -0.2) is 18.7 Å². The van der Waals surface area contributed by atoms with Gasteiger partial charge in [0.1, 0.15) is 24.1 Å². The maximum absolute atomic E-state index is 14.2. The largest absolute Gasteiger partial charge is 0.493 e. The van der Waals surface area contributed by atoms with Crippen LogP contribution in [-0.2, 0) is 6.73 Å². The summed E-state index contributed by atoms with van der Waals surface area (Å²) in [5.41, 5.74) is 0.463. The number of rotatable bonds is 5. The fourth-order valence-corrected chi connectivity index (χ4v) is 3.38. The average Bonchev–Trinajstić information content (AvgIpc) is 3.42. The summed E-state index contributed by atoms with van der Waals surface area (Å²) in [4.78, 5) is 23.5. The molecule has 164 valence electrons. The number of aliphatic hydroxyl groups excluding tert-OH is 1. The molecule has 3 heterocycles. The number of fused-ring (bicyclic) bond motifs is 1. The summed E-state index contributed by atoms with van der Waals surface area (Å²) in [6.07, 6.45) is 4.92. The van der Waals surface area contributed by atoms with Crippen molar-refractivity contribution in [2.75, 3.05) is 5.32 Å². The second-order valence-electron chi connectivity index (χ2n) is 7.33. The number of nitrogens with one attached hydrogen (secondary N) is 2. The summed E-state index contributed by atoms with van der Waals surface area (Å²) in [6.45, 7) is -0.675. The third-order valence-corrected chi connectivity index (χ3v) is 5.19. The predicted octanol–water partition coefficient (Wildman–Crippen LogP) is 1.02. The molecule has 4 aromatic rings. The molecule has 1 aliphatic carbocycles. The van der Waals surface area contributed by atoms with Gasteiger partial charge in [-0.3, -0.25) is 4.99 Å². The van der Waals surface area contributed by atoms with E-state index in [-0.39, 0.29) is 17.4 Å². The molecule has 0 amide bonds. The molecule has 0 saturated heterocycles. The van der Waals surface area contributed by atoms with Crippen molar-refractivity contribution in [1.29, 1.82) is 0 Å². The predicted molar refractivity (Wildman–Crippen MR) is 114 cm³/mol. The first-order valence-electron chi connectivity index (χ1n) is 9.72. The fourth-order valence-electron chi connectivity index (χ4n) is 3.21. The molecule has 0 unspecified atom stereocenters. The lowest BCUT2D eigenvalue weighted by atomic mass is 10.3. The van der Waals surface area contributed by atoms with Crippen molar-refractivity contribution in [3.8, 4) is 5.88 Å². The number of aromatic amines is 1. The number of aromatic hydroxyl groups is 1. The lowest BCUT2D eigenvalue weighted by Gasteiger charge is -2.08. The smallest absolute Gasteiger partial charge is 0.330 e. The van der Waals surface area contributed by atoms with Gasteiger partial charge in [0.25, 0.3) is 0 Å². The van der Waals surface area contributed by atoms with Crippen molar-refractivity contribution in [2.45, 2.75) is 25.6 Å². The van der Waals surface area contributed by atoms with Gasteiger partial charge in [0.2, 0.25) is 5.88 Å². The van der Waals surface area contributed by atoms with Crippen LogP contribution >= 0.6 is 11.6 Å². The Hall–Kier alpha value is -3.70. The van der Waals surface area contributed by atoms with Gasteiger partial charge in [-0.2, -0.15) is 9.61 Å². The molecular formula is C20H17ClFN7O3. The Balaban J connectivity index is 1.69. The second-order valence-corrected chi connectivity index (χ2v) is 7.76. The maximum atomic E-state index is 14.2. The van der Waals surface area contributed by atoms with E-state index in [1.165, 1.54) is 35.0 Å². The quantitative estimate of drug-likeness (QED) is 0.353. The van der Waals surface area contributed by atoms with E-state index in [0.29, 0.717) is 27.2 Å². The molecule has 0 spiro atoms. The molecule has 0 atom stereocenters. The lowest BCUT2D eigenvalue weighted by Crippen LogP contribution is -2.20. The highest BCUT2D eigenvalue weighted by molar-refractivity contribution is 6.30. The van der Waals surface area contributed by atoms with Crippen LogP contribution in [0, 0.1) is 5.82 Å². The average molecular weight is 458 g/mol.